The first kappa shape index (κ1) is 12.0. The Labute approximate surface area is 115 Å². The molecule has 19 heavy (non-hydrogen) atoms. The number of nitrogens with zero attached hydrogens (tertiary/aromatic N) is 2. The van der Waals surface area contributed by atoms with Gasteiger partial charge in [0.25, 0.3) is 5.69 Å². The van der Waals surface area contributed by atoms with E-state index in [1.165, 1.54) is 12.1 Å². The van der Waals surface area contributed by atoms with E-state index < -0.39 is 4.92 Å². The summed E-state index contributed by atoms with van der Waals surface area (Å²) < 4.78 is 0.258. The van der Waals surface area contributed by atoms with Gasteiger partial charge in [0.15, 0.2) is 5.43 Å². The summed E-state index contributed by atoms with van der Waals surface area (Å²) in [6.07, 6.45) is 1.54. The average Bonchev–Trinajstić information content (AvgIpc) is 2.38. The maximum absolute atomic E-state index is 12.3. The van der Waals surface area contributed by atoms with E-state index in [2.05, 4.69) is 4.98 Å². The topological polar surface area (TPSA) is 73.1 Å². The molecule has 0 unspecified atom stereocenters. The Bertz CT molecular complexity index is 891. The van der Waals surface area contributed by atoms with Crippen LogP contribution in [0.2, 0.25) is 5.02 Å². The molecule has 94 valence electrons. The number of fused-ring (bicyclic) bond motifs is 2. The Morgan fingerprint density at radius 3 is 2.84 bits per heavy atom. The van der Waals surface area contributed by atoms with E-state index in [0.717, 1.165) is 11.3 Å². The van der Waals surface area contributed by atoms with E-state index in [1.54, 1.807) is 18.3 Å². The number of hydrogen-bond donors (Lipinski definition) is 0. The molecule has 0 N–H and O–H groups in total. The lowest BCUT2D eigenvalue weighted by molar-refractivity contribution is -0.382. The predicted molar refractivity (Wildman–Crippen MR) is 75.1 cm³/mol. The molecule has 0 saturated carbocycles. The minimum absolute atomic E-state index is 0.131. The summed E-state index contributed by atoms with van der Waals surface area (Å²) >= 11 is 7.10. The first-order valence-corrected chi connectivity index (χ1v) is 6.43. The van der Waals surface area contributed by atoms with Crippen LogP contribution >= 0.6 is 22.9 Å². The molecule has 1 aromatic carbocycles. The third kappa shape index (κ3) is 1.76. The SMILES string of the molecule is O=c1c2cccnc2sc2c([N+](=O)[O-])ccc(Cl)c12. The number of halogens is 1. The van der Waals surface area contributed by atoms with Crippen molar-refractivity contribution in [2.45, 2.75) is 0 Å². The van der Waals surface area contributed by atoms with E-state index in [0.29, 0.717) is 10.2 Å². The van der Waals surface area contributed by atoms with Gasteiger partial charge in [0.05, 0.1) is 20.7 Å². The zero-order chi connectivity index (χ0) is 13.6. The Morgan fingerprint density at radius 2 is 2.11 bits per heavy atom. The van der Waals surface area contributed by atoms with Crippen LogP contribution in [0.15, 0.2) is 35.3 Å². The van der Waals surface area contributed by atoms with E-state index in [1.807, 2.05) is 0 Å². The summed E-state index contributed by atoms with van der Waals surface area (Å²) in [5, 5.41) is 11.8. The maximum atomic E-state index is 12.3. The molecule has 0 saturated heterocycles. The average molecular weight is 293 g/mol. The number of nitro groups is 1. The number of rotatable bonds is 1. The lowest BCUT2D eigenvalue weighted by atomic mass is 10.2. The summed E-state index contributed by atoms with van der Waals surface area (Å²) in [5.41, 5.74) is -0.459. The fraction of sp³-hybridized carbons (Fsp3) is 0. The van der Waals surface area contributed by atoms with Crippen molar-refractivity contribution >= 4 is 48.9 Å². The standard InChI is InChI=1S/C12H5ClN2O3S/c13-7-3-4-8(15(17)18)11-9(7)10(16)6-2-1-5-14-12(6)19-11/h1-5H. The van der Waals surface area contributed by atoms with Gasteiger partial charge in [-0.3, -0.25) is 14.9 Å². The van der Waals surface area contributed by atoms with Crippen LogP contribution in [-0.2, 0) is 0 Å². The second-order valence-corrected chi connectivity index (χ2v) is 5.22. The summed E-state index contributed by atoms with van der Waals surface area (Å²) in [6, 6.07) is 5.96. The number of aromatic nitrogens is 1. The number of hydrogen-bond acceptors (Lipinski definition) is 5. The van der Waals surface area contributed by atoms with Crippen LogP contribution in [0.1, 0.15) is 0 Å². The lowest BCUT2D eigenvalue weighted by Gasteiger charge is -2.02. The first-order chi connectivity index (χ1) is 9.09. The monoisotopic (exact) mass is 292 g/mol. The van der Waals surface area contributed by atoms with Crippen molar-refractivity contribution in [1.82, 2.24) is 4.98 Å². The molecule has 0 amide bonds. The van der Waals surface area contributed by atoms with Gasteiger partial charge in [-0.1, -0.05) is 11.6 Å². The summed E-state index contributed by atoms with van der Waals surface area (Å²) in [6.45, 7) is 0. The molecule has 0 spiro atoms. The first-order valence-electron chi connectivity index (χ1n) is 5.24. The van der Waals surface area contributed by atoms with Crippen LogP contribution in [0.5, 0.6) is 0 Å². The van der Waals surface area contributed by atoms with E-state index >= 15 is 0 Å². The normalized spacial score (nSPS) is 11.0. The van der Waals surface area contributed by atoms with Gasteiger partial charge in [0.1, 0.15) is 9.53 Å². The molecule has 2 heterocycles. The molecule has 2 aromatic heterocycles. The molecule has 0 radical (unpaired) electrons. The Kier molecular flexibility index (Phi) is 2.69. The van der Waals surface area contributed by atoms with E-state index in [4.69, 9.17) is 11.6 Å². The molecule has 7 heteroatoms. The highest BCUT2D eigenvalue weighted by Gasteiger charge is 2.19. The van der Waals surface area contributed by atoms with Crippen molar-refractivity contribution in [2.75, 3.05) is 0 Å². The highest BCUT2D eigenvalue weighted by molar-refractivity contribution is 7.24. The zero-order valence-corrected chi connectivity index (χ0v) is 10.9. The van der Waals surface area contributed by atoms with Crippen molar-refractivity contribution < 1.29 is 4.92 Å². The fourth-order valence-corrected chi connectivity index (χ4v) is 3.31. The molecule has 0 atom stereocenters. The minimum Gasteiger partial charge on any atom is -0.288 e. The van der Waals surface area contributed by atoms with Crippen molar-refractivity contribution in [3.05, 3.63) is 55.8 Å². The Hall–Kier alpha value is -2.05. The molecule has 5 nitrogen and oxygen atoms in total. The quantitative estimate of drug-likeness (QED) is 0.391. The largest absolute Gasteiger partial charge is 0.288 e. The van der Waals surface area contributed by atoms with Gasteiger partial charge in [-0.2, -0.15) is 0 Å². The van der Waals surface area contributed by atoms with Gasteiger partial charge in [0, 0.05) is 12.3 Å². The summed E-state index contributed by atoms with van der Waals surface area (Å²) in [5.74, 6) is 0. The minimum atomic E-state index is -0.524. The Balaban J connectivity index is 2.64. The van der Waals surface area contributed by atoms with Crippen molar-refractivity contribution in [3.63, 3.8) is 0 Å². The molecular weight excluding hydrogens is 288 g/mol. The van der Waals surface area contributed by atoms with Crippen LogP contribution in [-0.4, -0.2) is 9.91 Å². The molecule has 0 bridgehead atoms. The predicted octanol–water partition coefficient (Wildman–Crippen LogP) is 3.37. The smallest absolute Gasteiger partial charge is 0.287 e. The molecule has 0 aliphatic carbocycles. The summed E-state index contributed by atoms with van der Waals surface area (Å²) in [4.78, 5) is 27.4. The van der Waals surface area contributed by atoms with Gasteiger partial charge in [-0.05, 0) is 18.2 Å². The van der Waals surface area contributed by atoms with Gasteiger partial charge < -0.3 is 0 Å². The van der Waals surface area contributed by atoms with Gasteiger partial charge in [0.2, 0.25) is 0 Å². The molecule has 3 rings (SSSR count). The van der Waals surface area contributed by atoms with E-state index in [-0.39, 0.29) is 26.2 Å². The fourth-order valence-electron chi connectivity index (χ4n) is 1.88. The van der Waals surface area contributed by atoms with Crippen LogP contribution in [0.4, 0.5) is 5.69 Å². The molecular formula is C12H5ClN2O3S. The number of benzene rings is 1. The lowest BCUT2D eigenvalue weighted by Crippen LogP contribution is -2.03. The highest BCUT2D eigenvalue weighted by Crippen LogP contribution is 2.34. The second kappa shape index (κ2) is 4.25. The Morgan fingerprint density at radius 1 is 1.32 bits per heavy atom. The number of pyridine rings is 1. The van der Waals surface area contributed by atoms with Gasteiger partial charge in [-0.25, -0.2) is 4.98 Å². The molecule has 0 fully saturated rings. The zero-order valence-electron chi connectivity index (χ0n) is 9.29. The van der Waals surface area contributed by atoms with Crippen LogP contribution in [0.3, 0.4) is 0 Å². The van der Waals surface area contributed by atoms with Crippen molar-refractivity contribution in [3.8, 4) is 0 Å². The molecule has 3 aromatic rings. The summed E-state index contributed by atoms with van der Waals surface area (Å²) in [7, 11) is 0. The third-order valence-corrected chi connectivity index (χ3v) is 4.18. The van der Waals surface area contributed by atoms with Crippen molar-refractivity contribution in [1.29, 1.82) is 0 Å². The highest BCUT2D eigenvalue weighted by atomic mass is 35.5. The maximum Gasteiger partial charge on any atom is 0.287 e. The second-order valence-electron chi connectivity index (χ2n) is 3.82. The molecule has 0 aliphatic heterocycles. The van der Waals surface area contributed by atoms with Crippen LogP contribution < -0.4 is 5.43 Å². The van der Waals surface area contributed by atoms with Gasteiger partial charge >= 0.3 is 0 Å². The van der Waals surface area contributed by atoms with Crippen LogP contribution in [0.25, 0.3) is 20.3 Å². The number of nitro benzene ring substituents is 1. The molecule has 0 aliphatic rings. The van der Waals surface area contributed by atoms with Crippen molar-refractivity contribution in [2.24, 2.45) is 0 Å². The number of non-ortho nitro benzene ring substituents is 1. The van der Waals surface area contributed by atoms with Crippen LogP contribution in [0, 0.1) is 10.1 Å². The van der Waals surface area contributed by atoms with Gasteiger partial charge in [-0.15, -0.1) is 11.3 Å². The van der Waals surface area contributed by atoms with E-state index in [9.17, 15) is 14.9 Å². The third-order valence-electron chi connectivity index (χ3n) is 2.72.